The number of piperidine rings is 1. The lowest BCUT2D eigenvalue weighted by Gasteiger charge is -2.31. The van der Waals surface area contributed by atoms with Gasteiger partial charge in [-0.2, -0.15) is 0 Å². The summed E-state index contributed by atoms with van der Waals surface area (Å²) < 4.78 is 11.1. The van der Waals surface area contributed by atoms with Crippen LogP contribution in [0.1, 0.15) is 24.4 Å². The maximum atomic E-state index is 8.70. The minimum Gasteiger partial charge on any atom is -0.465 e. The van der Waals surface area contributed by atoms with Gasteiger partial charge in [0, 0.05) is 13.1 Å². The van der Waals surface area contributed by atoms with Gasteiger partial charge in [0.1, 0.15) is 11.5 Å². The quantitative estimate of drug-likeness (QED) is 0.847. The van der Waals surface area contributed by atoms with Crippen molar-refractivity contribution >= 4 is 0 Å². The fraction of sp³-hybridized carbons (Fsp3) is 0.692. The van der Waals surface area contributed by atoms with E-state index < -0.39 is 0 Å². The Kier molecular flexibility index (Phi) is 4.59. The van der Waals surface area contributed by atoms with E-state index in [1.54, 1.807) is 0 Å². The minimum atomic E-state index is 0.117. The molecule has 1 aromatic heterocycles. The van der Waals surface area contributed by atoms with Gasteiger partial charge in [0.2, 0.25) is 0 Å². The first-order valence-electron chi connectivity index (χ1n) is 6.28. The van der Waals surface area contributed by atoms with Crippen molar-refractivity contribution in [2.75, 3.05) is 26.3 Å². The predicted octanol–water partition coefficient (Wildman–Crippen LogP) is 1.56. The minimum absolute atomic E-state index is 0.117. The number of aliphatic hydroxyl groups is 1. The Labute approximate surface area is 102 Å². The van der Waals surface area contributed by atoms with Gasteiger partial charge >= 0.3 is 0 Å². The van der Waals surface area contributed by atoms with E-state index in [9.17, 15) is 0 Å². The SMILES string of the molecule is Cc1ccc(CN2CCC(OCCO)CC2)o1. The molecule has 4 nitrogen and oxygen atoms in total. The van der Waals surface area contributed by atoms with Crippen molar-refractivity contribution in [3.63, 3.8) is 0 Å². The summed E-state index contributed by atoms with van der Waals surface area (Å²) in [5, 5.41) is 8.70. The lowest BCUT2D eigenvalue weighted by molar-refractivity contribution is -0.00994. The Morgan fingerprint density at radius 2 is 2.18 bits per heavy atom. The first kappa shape index (κ1) is 12.6. The van der Waals surface area contributed by atoms with E-state index in [0.717, 1.165) is 44.0 Å². The standard InChI is InChI=1S/C13H21NO3/c1-11-2-3-13(17-11)10-14-6-4-12(5-7-14)16-9-8-15/h2-3,12,15H,4-10H2,1H3. The number of hydrogen-bond donors (Lipinski definition) is 1. The molecule has 0 atom stereocenters. The molecule has 1 aliphatic heterocycles. The topological polar surface area (TPSA) is 45.8 Å². The number of furan rings is 1. The van der Waals surface area contributed by atoms with E-state index >= 15 is 0 Å². The Balaban J connectivity index is 1.72. The molecule has 2 heterocycles. The summed E-state index contributed by atoms with van der Waals surface area (Å²) in [4.78, 5) is 2.39. The van der Waals surface area contributed by atoms with E-state index in [4.69, 9.17) is 14.3 Å². The number of likely N-dealkylation sites (tertiary alicyclic amines) is 1. The molecule has 1 fully saturated rings. The molecule has 0 amide bonds. The maximum Gasteiger partial charge on any atom is 0.118 e. The summed E-state index contributed by atoms with van der Waals surface area (Å²) in [6, 6.07) is 4.05. The Morgan fingerprint density at radius 1 is 1.41 bits per heavy atom. The van der Waals surface area contributed by atoms with E-state index in [2.05, 4.69) is 4.90 Å². The lowest BCUT2D eigenvalue weighted by Crippen LogP contribution is -2.36. The summed E-state index contributed by atoms with van der Waals surface area (Å²) in [6.07, 6.45) is 2.40. The van der Waals surface area contributed by atoms with Crippen molar-refractivity contribution in [3.05, 3.63) is 23.7 Å². The van der Waals surface area contributed by atoms with Gasteiger partial charge in [-0.3, -0.25) is 4.90 Å². The largest absolute Gasteiger partial charge is 0.465 e. The molecule has 0 bridgehead atoms. The van der Waals surface area contributed by atoms with Gasteiger partial charge in [-0.1, -0.05) is 0 Å². The van der Waals surface area contributed by atoms with Crippen LogP contribution in [0.5, 0.6) is 0 Å². The highest BCUT2D eigenvalue weighted by molar-refractivity contribution is 5.05. The zero-order chi connectivity index (χ0) is 12.1. The highest BCUT2D eigenvalue weighted by atomic mass is 16.5. The van der Waals surface area contributed by atoms with Crippen LogP contribution in [0.3, 0.4) is 0 Å². The van der Waals surface area contributed by atoms with Crippen LogP contribution >= 0.6 is 0 Å². The van der Waals surface area contributed by atoms with E-state index in [1.807, 2.05) is 19.1 Å². The van der Waals surface area contributed by atoms with Gasteiger partial charge in [0.05, 0.1) is 25.9 Å². The number of nitrogens with zero attached hydrogens (tertiary/aromatic N) is 1. The first-order valence-corrected chi connectivity index (χ1v) is 6.28. The third kappa shape index (κ3) is 3.84. The molecule has 0 saturated carbocycles. The molecule has 96 valence electrons. The van der Waals surface area contributed by atoms with Crippen molar-refractivity contribution in [1.82, 2.24) is 4.90 Å². The number of aliphatic hydroxyl groups excluding tert-OH is 1. The second kappa shape index (κ2) is 6.19. The van der Waals surface area contributed by atoms with Gasteiger partial charge in [-0.15, -0.1) is 0 Å². The molecule has 1 N–H and O–H groups in total. The fourth-order valence-electron chi connectivity index (χ4n) is 2.24. The second-order valence-corrected chi connectivity index (χ2v) is 4.58. The number of rotatable bonds is 5. The Bertz CT molecular complexity index is 329. The molecule has 1 aromatic rings. The molecule has 17 heavy (non-hydrogen) atoms. The summed E-state index contributed by atoms with van der Waals surface area (Å²) in [7, 11) is 0. The lowest BCUT2D eigenvalue weighted by atomic mass is 10.1. The molecular weight excluding hydrogens is 218 g/mol. The summed E-state index contributed by atoms with van der Waals surface area (Å²) in [6.45, 7) is 5.51. The molecule has 2 rings (SSSR count). The van der Waals surface area contributed by atoms with Gasteiger partial charge in [0.15, 0.2) is 0 Å². The van der Waals surface area contributed by atoms with Crippen LogP contribution in [0.2, 0.25) is 0 Å². The average molecular weight is 239 g/mol. The van der Waals surface area contributed by atoms with Crippen LogP contribution in [0, 0.1) is 6.92 Å². The summed E-state index contributed by atoms with van der Waals surface area (Å²) in [5.74, 6) is 2.01. The van der Waals surface area contributed by atoms with Crippen LogP contribution < -0.4 is 0 Å². The third-order valence-electron chi connectivity index (χ3n) is 3.15. The zero-order valence-electron chi connectivity index (χ0n) is 10.4. The maximum absolute atomic E-state index is 8.70. The Morgan fingerprint density at radius 3 is 2.76 bits per heavy atom. The monoisotopic (exact) mass is 239 g/mol. The first-order chi connectivity index (χ1) is 8.28. The smallest absolute Gasteiger partial charge is 0.118 e. The Hall–Kier alpha value is -0.840. The van der Waals surface area contributed by atoms with Crippen LogP contribution in [0.25, 0.3) is 0 Å². The molecule has 1 saturated heterocycles. The van der Waals surface area contributed by atoms with E-state index in [0.29, 0.717) is 12.7 Å². The van der Waals surface area contributed by atoms with Gasteiger partial charge in [-0.05, 0) is 31.9 Å². The average Bonchev–Trinajstić information content (AvgIpc) is 2.74. The molecule has 0 radical (unpaired) electrons. The van der Waals surface area contributed by atoms with Crippen molar-refractivity contribution in [1.29, 1.82) is 0 Å². The van der Waals surface area contributed by atoms with Crippen LogP contribution in [0.15, 0.2) is 16.5 Å². The zero-order valence-corrected chi connectivity index (χ0v) is 10.4. The van der Waals surface area contributed by atoms with Gasteiger partial charge < -0.3 is 14.3 Å². The van der Waals surface area contributed by atoms with Crippen molar-refractivity contribution in [2.24, 2.45) is 0 Å². The molecule has 0 unspecified atom stereocenters. The number of hydrogen-bond acceptors (Lipinski definition) is 4. The van der Waals surface area contributed by atoms with Gasteiger partial charge in [0.25, 0.3) is 0 Å². The molecule has 0 spiro atoms. The second-order valence-electron chi connectivity index (χ2n) is 4.58. The third-order valence-corrected chi connectivity index (χ3v) is 3.15. The number of aryl methyl sites for hydroxylation is 1. The molecule has 4 heteroatoms. The molecule has 0 aliphatic carbocycles. The van der Waals surface area contributed by atoms with E-state index in [-0.39, 0.29) is 6.61 Å². The van der Waals surface area contributed by atoms with Crippen molar-refractivity contribution in [2.45, 2.75) is 32.4 Å². The van der Waals surface area contributed by atoms with Crippen LogP contribution in [0.4, 0.5) is 0 Å². The molecule has 1 aliphatic rings. The summed E-state index contributed by atoms with van der Waals surface area (Å²) in [5.41, 5.74) is 0. The van der Waals surface area contributed by atoms with Crippen molar-refractivity contribution < 1.29 is 14.3 Å². The predicted molar refractivity (Wildman–Crippen MR) is 64.8 cm³/mol. The van der Waals surface area contributed by atoms with Crippen LogP contribution in [-0.2, 0) is 11.3 Å². The summed E-state index contributed by atoms with van der Waals surface area (Å²) >= 11 is 0. The normalized spacial score (nSPS) is 18.7. The molecular formula is C13H21NO3. The van der Waals surface area contributed by atoms with Crippen LogP contribution in [-0.4, -0.2) is 42.4 Å². The fourth-order valence-corrected chi connectivity index (χ4v) is 2.24. The highest BCUT2D eigenvalue weighted by Gasteiger charge is 2.20. The van der Waals surface area contributed by atoms with Crippen molar-refractivity contribution in [3.8, 4) is 0 Å². The molecule has 0 aromatic carbocycles. The van der Waals surface area contributed by atoms with Gasteiger partial charge in [-0.25, -0.2) is 0 Å². The number of ether oxygens (including phenoxy) is 1. The highest BCUT2D eigenvalue weighted by Crippen LogP contribution is 2.17. The van der Waals surface area contributed by atoms with E-state index in [1.165, 1.54) is 0 Å².